The lowest BCUT2D eigenvalue weighted by atomic mass is 10.0. The molecular weight excluding hydrogens is 735 g/mol. The van der Waals surface area contributed by atoms with Crippen molar-refractivity contribution >= 4 is 5.91 Å². The van der Waals surface area contributed by atoms with Gasteiger partial charge in [0.15, 0.2) is 0 Å². The number of aliphatic hydroxyl groups is 2. The van der Waals surface area contributed by atoms with Crippen LogP contribution < -0.4 is 5.32 Å². The van der Waals surface area contributed by atoms with Gasteiger partial charge in [-0.1, -0.05) is 289 Å². The first-order chi connectivity index (χ1) is 29.7. The lowest BCUT2D eigenvalue weighted by Crippen LogP contribution is -2.45. The highest BCUT2D eigenvalue weighted by molar-refractivity contribution is 5.76. The zero-order valence-electron chi connectivity index (χ0n) is 41.3. The molecule has 0 aromatic carbocycles. The third-order valence-corrected chi connectivity index (χ3v) is 13.3. The van der Waals surface area contributed by atoms with Crippen molar-refractivity contribution in [2.75, 3.05) is 6.61 Å². The number of hydrogen-bond donors (Lipinski definition) is 3. The maximum Gasteiger partial charge on any atom is 0.220 e. The number of allylic oxidation sites excluding steroid dienone is 2. The fourth-order valence-electron chi connectivity index (χ4n) is 9.01. The molecule has 0 rings (SSSR count). The van der Waals surface area contributed by atoms with Crippen LogP contribution >= 0.6 is 0 Å². The van der Waals surface area contributed by atoms with Crippen LogP contribution in [0.3, 0.4) is 0 Å². The standard InChI is InChI=1S/C56H111NO3/c1-3-5-7-9-11-13-14-15-16-17-18-19-20-21-22-23-24-25-26-27-28-29-30-31-32-33-34-35-36-37-38-39-40-41-42-44-46-48-50-52-56(60)57-54(53-58)55(59)51-49-47-45-43-12-10-8-6-4-2/h27-28,54-55,58-59H,3-26,29-53H2,1-2H3,(H,57,60)/b28-27-. The molecule has 0 radical (unpaired) electrons. The van der Waals surface area contributed by atoms with Crippen molar-refractivity contribution in [2.45, 2.75) is 334 Å². The topological polar surface area (TPSA) is 69.6 Å². The van der Waals surface area contributed by atoms with Gasteiger partial charge in [0.2, 0.25) is 5.91 Å². The molecule has 0 aliphatic rings. The maximum atomic E-state index is 12.4. The molecule has 0 aromatic rings. The molecule has 60 heavy (non-hydrogen) atoms. The van der Waals surface area contributed by atoms with E-state index in [9.17, 15) is 15.0 Å². The van der Waals surface area contributed by atoms with Crippen molar-refractivity contribution in [3.63, 3.8) is 0 Å². The SMILES string of the molecule is CCCCCCCCCCCCCCCCCCCC/C=C\CCCCCCCCCCCCCCCCCCCC(=O)NC(CO)C(O)CCCCCCCCCCC. The summed E-state index contributed by atoms with van der Waals surface area (Å²) >= 11 is 0. The predicted octanol–water partition coefficient (Wildman–Crippen LogP) is 18.1. The van der Waals surface area contributed by atoms with Crippen LogP contribution in [0.15, 0.2) is 12.2 Å². The molecule has 0 aromatic heterocycles. The highest BCUT2D eigenvalue weighted by Gasteiger charge is 2.20. The van der Waals surface area contributed by atoms with Crippen molar-refractivity contribution in [1.82, 2.24) is 5.32 Å². The average Bonchev–Trinajstić information content (AvgIpc) is 3.25. The Morgan fingerprint density at radius 1 is 0.383 bits per heavy atom. The fourth-order valence-corrected chi connectivity index (χ4v) is 9.01. The Balaban J connectivity index is 3.31. The third kappa shape index (κ3) is 48.2. The van der Waals surface area contributed by atoms with Gasteiger partial charge in [0, 0.05) is 6.42 Å². The number of unbranched alkanes of at least 4 members (excludes halogenated alkanes) is 43. The fraction of sp³-hybridized carbons (Fsp3) is 0.946. The highest BCUT2D eigenvalue weighted by Crippen LogP contribution is 2.18. The number of carbonyl (C=O) groups is 1. The molecule has 0 heterocycles. The van der Waals surface area contributed by atoms with Gasteiger partial charge in [-0.25, -0.2) is 0 Å². The Kier molecular flexibility index (Phi) is 51.7. The second-order valence-electron chi connectivity index (χ2n) is 19.4. The normalized spacial score (nSPS) is 12.8. The summed E-state index contributed by atoms with van der Waals surface area (Å²) in [5, 5.41) is 23.1. The molecule has 0 bridgehead atoms. The predicted molar refractivity (Wildman–Crippen MR) is 267 cm³/mol. The van der Waals surface area contributed by atoms with E-state index in [0.29, 0.717) is 12.8 Å². The Morgan fingerprint density at radius 2 is 0.633 bits per heavy atom. The number of carbonyl (C=O) groups excluding carboxylic acids is 1. The first-order valence-corrected chi connectivity index (χ1v) is 27.9. The van der Waals surface area contributed by atoms with Crippen LogP contribution in [0.2, 0.25) is 0 Å². The molecule has 2 atom stereocenters. The minimum Gasteiger partial charge on any atom is -0.394 e. The van der Waals surface area contributed by atoms with Crippen LogP contribution in [0.5, 0.6) is 0 Å². The van der Waals surface area contributed by atoms with E-state index < -0.39 is 12.1 Å². The van der Waals surface area contributed by atoms with E-state index in [0.717, 1.165) is 25.7 Å². The summed E-state index contributed by atoms with van der Waals surface area (Å²) in [6.07, 6.45) is 68.0. The van der Waals surface area contributed by atoms with Crippen molar-refractivity contribution in [2.24, 2.45) is 0 Å². The largest absolute Gasteiger partial charge is 0.394 e. The Labute approximate surface area is 377 Å². The molecule has 1 amide bonds. The molecule has 0 saturated heterocycles. The second kappa shape index (κ2) is 52.5. The summed E-state index contributed by atoms with van der Waals surface area (Å²) in [5.41, 5.74) is 0. The first kappa shape index (κ1) is 59.1. The van der Waals surface area contributed by atoms with Crippen molar-refractivity contribution in [1.29, 1.82) is 0 Å². The minimum absolute atomic E-state index is 0.0283. The molecule has 0 fully saturated rings. The van der Waals surface area contributed by atoms with Crippen LogP contribution in [0.1, 0.15) is 322 Å². The molecule has 4 heteroatoms. The van der Waals surface area contributed by atoms with E-state index in [1.165, 1.54) is 270 Å². The van der Waals surface area contributed by atoms with Gasteiger partial charge in [0.05, 0.1) is 18.8 Å². The van der Waals surface area contributed by atoms with Crippen molar-refractivity contribution in [3.8, 4) is 0 Å². The zero-order valence-corrected chi connectivity index (χ0v) is 41.3. The van der Waals surface area contributed by atoms with Gasteiger partial charge in [-0.05, 0) is 38.5 Å². The van der Waals surface area contributed by atoms with E-state index in [1.807, 2.05) is 0 Å². The summed E-state index contributed by atoms with van der Waals surface area (Å²) in [4.78, 5) is 12.4. The molecule has 2 unspecified atom stereocenters. The van der Waals surface area contributed by atoms with Crippen LogP contribution in [0, 0.1) is 0 Å². The zero-order chi connectivity index (χ0) is 43.5. The highest BCUT2D eigenvalue weighted by atomic mass is 16.3. The third-order valence-electron chi connectivity index (χ3n) is 13.3. The van der Waals surface area contributed by atoms with Gasteiger partial charge in [0.1, 0.15) is 0 Å². The summed E-state index contributed by atoms with van der Waals surface area (Å²) in [5.74, 6) is -0.0283. The molecule has 4 nitrogen and oxygen atoms in total. The summed E-state index contributed by atoms with van der Waals surface area (Å²) in [7, 11) is 0. The quantitative estimate of drug-likeness (QED) is 0.0422. The monoisotopic (exact) mass is 846 g/mol. The van der Waals surface area contributed by atoms with E-state index in [1.54, 1.807) is 0 Å². The minimum atomic E-state index is -0.653. The first-order valence-electron chi connectivity index (χ1n) is 27.9. The smallest absolute Gasteiger partial charge is 0.220 e. The number of rotatable bonds is 52. The molecule has 0 aliphatic carbocycles. The Morgan fingerprint density at radius 3 is 0.917 bits per heavy atom. The van der Waals surface area contributed by atoms with E-state index in [4.69, 9.17) is 0 Å². The molecule has 0 aliphatic heterocycles. The number of aliphatic hydroxyl groups excluding tert-OH is 2. The van der Waals surface area contributed by atoms with Crippen molar-refractivity contribution in [3.05, 3.63) is 12.2 Å². The van der Waals surface area contributed by atoms with Gasteiger partial charge in [0.25, 0.3) is 0 Å². The lowest BCUT2D eigenvalue weighted by molar-refractivity contribution is -0.123. The molecular formula is C56H111NO3. The van der Waals surface area contributed by atoms with E-state index >= 15 is 0 Å². The molecule has 0 saturated carbocycles. The second-order valence-corrected chi connectivity index (χ2v) is 19.4. The van der Waals surface area contributed by atoms with Gasteiger partial charge >= 0.3 is 0 Å². The summed E-state index contributed by atoms with van der Waals surface area (Å²) in [6.45, 7) is 4.36. The molecule has 0 spiro atoms. The summed E-state index contributed by atoms with van der Waals surface area (Å²) in [6, 6.07) is -0.530. The number of nitrogens with one attached hydrogen (secondary N) is 1. The number of amides is 1. The molecule has 3 N–H and O–H groups in total. The average molecular weight is 847 g/mol. The number of hydrogen-bond acceptors (Lipinski definition) is 3. The van der Waals surface area contributed by atoms with Crippen LogP contribution in [0.4, 0.5) is 0 Å². The Bertz CT molecular complexity index is 829. The van der Waals surface area contributed by atoms with E-state index in [2.05, 4.69) is 31.3 Å². The Hall–Kier alpha value is -0.870. The van der Waals surface area contributed by atoms with E-state index in [-0.39, 0.29) is 12.5 Å². The van der Waals surface area contributed by atoms with Gasteiger partial charge < -0.3 is 15.5 Å². The summed E-state index contributed by atoms with van der Waals surface area (Å²) < 4.78 is 0. The van der Waals surface area contributed by atoms with Gasteiger partial charge in [-0.2, -0.15) is 0 Å². The van der Waals surface area contributed by atoms with Crippen LogP contribution in [-0.4, -0.2) is 34.9 Å². The maximum absolute atomic E-state index is 12.4. The van der Waals surface area contributed by atoms with Crippen LogP contribution in [0.25, 0.3) is 0 Å². The van der Waals surface area contributed by atoms with Gasteiger partial charge in [-0.15, -0.1) is 0 Å². The van der Waals surface area contributed by atoms with Crippen LogP contribution in [-0.2, 0) is 4.79 Å². The molecule has 358 valence electrons. The lowest BCUT2D eigenvalue weighted by Gasteiger charge is -2.22. The van der Waals surface area contributed by atoms with Gasteiger partial charge in [-0.3, -0.25) is 4.79 Å². The van der Waals surface area contributed by atoms with Crippen molar-refractivity contribution < 1.29 is 15.0 Å².